The quantitative estimate of drug-likeness (QED) is 0.455. The Hall–Kier alpha value is -3.86. The first-order chi connectivity index (χ1) is 16.2. The Bertz CT molecular complexity index is 1250. The van der Waals surface area contributed by atoms with Gasteiger partial charge in [-0.2, -0.15) is 0 Å². The van der Waals surface area contributed by atoms with Gasteiger partial charge in [0.05, 0.1) is 25.0 Å². The molecule has 0 saturated carbocycles. The van der Waals surface area contributed by atoms with E-state index in [4.69, 9.17) is 14.0 Å². The first-order valence-corrected chi connectivity index (χ1v) is 11.8. The highest BCUT2D eigenvalue weighted by Crippen LogP contribution is 2.29. The van der Waals surface area contributed by atoms with Crippen molar-refractivity contribution in [2.75, 3.05) is 29.9 Å². The smallest absolute Gasteiger partial charge is 0.338 e. The third-order valence-corrected chi connectivity index (χ3v) is 6.86. The lowest BCUT2D eigenvalue weighted by molar-refractivity contribution is -0.114. The van der Waals surface area contributed by atoms with E-state index in [1.165, 1.54) is 57.4 Å². The molecule has 0 spiro atoms. The lowest BCUT2D eigenvalue weighted by atomic mass is 10.2. The fourth-order valence-corrected chi connectivity index (χ4v) is 4.97. The van der Waals surface area contributed by atoms with Crippen molar-refractivity contribution in [3.05, 3.63) is 65.5 Å². The van der Waals surface area contributed by atoms with Crippen molar-refractivity contribution in [1.82, 2.24) is 5.16 Å². The molecule has 11 heteroatoms. The van der Waals surface area contributed by atoms with Crippen molar-refractivity contribution >= 4 is 33.3 Å². The Kier molecular flexibility index (Phi) is 7.57. The second kappa shape index (κ2) is 10.4. The van der Waals surface area contributed by atoms with Crippen molar-refractivity contribution in [3.63, 3.8) is 0 Å². The molecule has 3 aromatic rings. The molecule has 1 amide bonds. The molecule has 0 radical (unpaired) electrons. The van der Waals surface area contributed by atoms with Crippen molar-refractivity contribution in [2.45, 2.75) is 25.7 Å². The summed E-state index contributed by atoms with van der Waals surface area (Å²) < 4.78 is 43.1. The number of sulfonamides is 1. The van der Waals surface area contributed by atoms with E-state index in [2.05, 4.69) is 10.5 Å². The number of carbonyl (C=O) groups excluding carboxylic acids is 2. The van der Waals surface area contributed by atoms with E-state index in [1.54, 1.807) is 19.1 Å². The van der Waals surface area contributed by atoms with E-state index in [0.717, 1.165) is 4.31 Å². The van der Waals surface area contributed by atoms with Crippen LogP contribution in [0.1, 0.15) is 28.7 Å². The van der Waals surface area contributed by atoms with Gasteiger partial charge in [-0.05, 0) is 69.3 Å². The fourth-order valence-electron chi connectivity index (χ4n) is 3.25. The van der Waals surface area contributed by atoms with Crippen LogP contribution in [0.2, 0.25) is 0 Å². The van der Waals surface area contributed by atoms with Gasteiger partial charge in [0.1, 0.15) is 18.0 Å². The zero-order valence-corrected chi connectivity index (χ0v) is 20.0. The molecule has 0 saturated heterocycles. The van der Waals surface area contributed by atoms with Gasteiger partial charge in [-0.1, -0.05) is 5.16 Å². The number of nitrogens with one attached hydrogen (secondary N) is 1. The molecule has 2 aromatic carbocycles. The number of anilines is 2. The number of esters is 1. The van der Waals surface area contributed by atoms with Crippen LogP contribution in [0.5, 0.6) is 5.75 Å². The summed E-state index contributed by atoms with van der Waals surface area (Å²) in [5.74, 6) is -0.415. The molecule has 0 fully saturated rings. The SMILES string of the molecule is CCOC(=O)c1ccc(NC(=O)CN(c2ccc(OC)cc2)S(=O)(=O)c2c(C)noc2C)cc1. The molecule has 34 heavy (non-hydrogen) atoms. The molecule has 0 unspecified atom stereocenters. The zero-order chi connectivity index (χ0) is 24.9. The fraction of sp³-hybridized carbons (Fsp3) is 0.261. The molecule has 0 aliphatic carbocycles. The number of benzene rings is 2. The summed E-state index contributed by atoms with van der Waals surface area (Å²) in [6, 6.07) is 12.3. The molecule has 180 valence electrons. The average molecular weight is 488 g/mol. The number of aryl methyl sites for hydroxylation is 2. The average Bonchev–Trinajstić information content (AvgIpc) is 3.16. The highest BCUT2D eigenvalue weighted by Gasteiger charge is 2.33. The highest BCUT2D eigenvalue weighted by molar-refractivity contribution is 7.93. The third kappa shape index (κ3) is 5.37. The van der Waals surface area contributed by atoms with Crippen molar-refractivity contribution < 1.29 is 32.0 Å². The molecule has 1 heterocycles. The number of aromatic nitrogens is 1. The summed E-state index contributed by atoms with van der Waals surface area (Å²) in [7, 11) is -2.69. The van der Waals surface area contributed by atoms with Gasteiger partial charge in [0.2, 0.25) is 5.91 Å². The number of rotatable bonds is 9. The number of hydrogen-bond donors (Lipinski definition) is 1. The van der Waals surface area contributed by atoms with Crippen LogP contribution in [0.25, 0.3) is 0 Å². The molecular weight excluding hydrogens is 462 g/mol. The zero-order valence-electron chi connectivity index (χ0n) is 19.2. The van der Waals surface area contributed by atoms with Crippen LogP contribution in [-0.2, 0) is 19.6 Å². The predicted molar refractivity (Wildman–Crippen MR) is 125 cm³/mol. The van der Waals surface area contributed by atoms with E-state index in [-0.39, 0.29) is 28.6 Å². The Morgan fingerprint density at radius 3 is 2.24 bits per heavy atom. The van der Waals surface area contributed by atoms with Crippen molar-refractivity contribution in [2.24, 2.45) is 0 Å². The van der Waals surface area contributed by atoms with Crippen molar-refractivity contribution in [1.29, 1.82) is 0 Å². The van der Waals surface area contributed by atoms with E-state index < -0.39 is 28.4 Å². The number of carbonyl (C=O) groups is 2. The summed E-state index contributed by atoms with van der Waals surface area (Å²) in [5, 5.41) is 6.38. The Morgan fingerprint density at radius 2 is 1.71 bits per heavy atom. The first kappa shape index (κ1) is 24.8. The van der Waals surface area contributed by atoms with E-state index in [0.29, 0.717) is 17.0 Å². The molecular formula is C23H25N3O7S. The standard InChI is InChI=1S/C23H25N3O7S/c1-5-32-23(28)17-6-8-18(9-7-17)24-21(27)14-26(19-10-12-20(31-4)13-11-19)34(29,30)22-15(2)25-33-16(22)3/h6-13H,5,14H2,1-4H3,(H,24,27). The number of amides is 1. The third-order valence-electron chi connectivity index (χ3n) is 4.84. The maximum Gasteiger partial charge on any atom is 0.338 e. The lowest BCUT2D eigenvalue weighted by Crippen LogP contribution is -2.38. The minimum atomic E-state index is -4.19. The van der Waals surface area contributed by atoms with Gasteiger partial charge in [0, 0.05) is 5.69 Å². The van der Waals surface area contributed by atoms with Gasteiger partial charge < -0.3 is 19.3 Å². The van der Waals surface area contributed by atoms with Gasteiger partial charge >= 0.3 is 5.97 Å². The van der Waals surface area contributed by atoms with Gasteiger partial charge in [0.25, 0.3) is 10.0 Å². The number of ether oxygens (including phenoxy) is 2. The van der Waals surface area contributed by atoms with Crippen LogP contribution < -0.4 is 14.4 Å². The van der Waals surface area contributed by atoms with Gasteiger partial charge in [-0.15, -0.1) is 0 Å². The van der Waals surface area contributed by atoms with Crippen LogP contribution >= 0.6 is 0 Å². The van der Waals surface area contributed by atoms with Gasteiger partial charge in [0.15, 0.2) is 10.7 Å². The minimum absolute atomic E-state index is 0.102. The highest BCUT2D eigenvalue weighted by atomic mass is 32.2. The summed E-state index contributed by atoms with van der Waals surface area (Å²) in [5.41, 5.74) is 1.17. The van der Waals surface area contributed by atoms with Crippen LogP contribution in [-0.4, -0.2) is 45.7 Å². The van der Waals surface area contributed by atoms with Crippen LogP contribution in [0.3, 0.4) is 0 Å². The number of nitrogens with zero attached hydrogens (tertiary/aromatic N) is 2. The van der Waals surface area contributed by atoms with E-state index in [9.17, 15) is 18.0 Å². The largest absolute Gasteiger partial charge is 0.497 e. The normalized spacial score (nSPS) is 11.1. The Balaban J connectivity index is 1.88. The summed E-state index contributed by atoms with van der Waals surface area (Å²) >= 11 is 0. The molecule has 0 aliphatic heterocycles. The molecule has 10 nitrogen and oxygen atoms in total. The summed E-state index contributed by atoms with van der Waals surface area (Å²) in [6.45, 7) is 4.44. The molecule has 0 aliphatic rings. The Morgan fingerprint density at radius 1 is 1.06 bits per heavy atom. The summed E-state index contributed by atoms with van der Waals surface area (Å²) in [4.78, 5) is 24.6. The monoisotopic (exact) mass is 487 g/mol. The topological polar surface area (TPSA) is 128 Å². The molecule has 3 rings (SSSR count). The predicted octanol–water partition coefficient (Wildman–Crippen LogP) is 3.31. The Labute approximate surface area is 197 Å². The second-order valence-corrected chi connectivity index (χ2v) is 9.01. The molecule has 0 bridgehead atoms. The van der Waals surface area contributed by atoms with E-state index >= 15 is 0 Å². The van der Waals surface area contributed by atoms with Crippen LogP contribution in [0.15, 0.2) is 57.9 Å². The van der Waals surface area contributed by atoms with E-state index in [1.807, 2.05) is 0 Å². The molecule has 1 N–H and O–H groups in total. The number of methoxy groups -OCH3 is 1. The van der Waals surface area contributed by atoms with Crippen molar-refractivity contribution in [3.8, 4) is 5.75 Å². The number of hydrogen-bond acceptors (Lipinski definition) is 8. The van der Waals surface area contributed by atoms with Gasteiger partial charge in [-0.3, -0.25) is 9.10 Å². The maximum atomic E-state index is 13.5. The molecule has 0 atom stereocenters. The maximum absolute atomic E-state index is 13.5. The van der Waals surface area contributed by atoms with Crippen LogP contribution in [0.4, 0.5) is 11.4 Å². The molecule has 1 aromatic heterocycles. The summed E-state index contributed by atoms with van der Waals surface area (Å²) in [6.07, 6.45) is 0. The first-order valence-electron chi connectivity index (χ1n) is 10.3. The van der Waals surface area contributed by atoms with Gasteiger partial charge in [-0.25, -0.2) is 13.2 Å². The lowest BCUT2D eigenvalue weighted by Gasteiger charge is -2.24. The minimum Gasteiger partial charge on any atom is -0.497 e. The van der Waals surface area contributed by atoms with Crippen LogP contribution in [0, 0.1) is 13.8 Å². The second-order valence-electron chi connectivity index (χ2n) is 7.21.